The van der Waals surface area contributed by atoms with Crippen LogP contribution in [0.15, 0.2) is 120 Å². The van der Waals surface area contributed by atoms with Crippen molar-refractivity contribution in [2.24, 2.45) is 11.8 Å². The van der Waals surface area contributed by atoms with E-state index in [1.165, 1.54) is 48.5 Å². The monoisotopic (exact) mass is 1390 g/mol. The van der Waals surface area contributed by atoms with E-state index >= 15 is 8.78 Å². The summed E-state index contributed by atoms with van der Waals surface area (Å²) in [6.45, 7) is 0.0732. The molecule has 0 aromatic heterocycles. The van der Waals surface area contributed by atoms with Crippen LogP contribution >= 0.6 is 39.1 Å². The van der Waals surface area contributed by atoms with Gasteiger partial charge in [-0.15, -0.1) is 0 Å². The number of carbonyl (C=O) groups is 4. The van der Waals surface area contributed by atoms with Crippen LogP contribution < -0.4 is 9.80 Å². The maximum absolute atomic E-state index is 15.8. The number of ketones is 2. The number of amides is 2. The number of benzene rings is 6. The number of alkyl halides is 20. The molecule has 2 fully saturated rings. The van der Waals surface area contributed by atoms with Gasteiger partial charge in [0.1, 0.15) is 0 Å². The summed E-state index contributed by atoms with van der Waals surface area (Å²) in [5.41, 5.74) is -26.0. The van der Waals surface area contributed by atoms with Crippen LogP contribution in [0.2, 0.25) is 10.0 Å². The highest BCUT2D eigenvalue weighted by atomic mass is 79.9. The van der Waals surface area contributed by atoms with Crippen molar-refractivity contribution in [2.75, 3.05) is 22.9 Å². The van der Waals surface area contributed by atoms with Gasteiger partial charge >= 0.3 is 48.4 Å². The number of anilines is 2. The number of hydrogen-bond donors (Lipinski definition) is 0. The molecule has 0 aliphatic heterocycles. The van der Waals surface area contributed by atoms with Gasteiger partial charge in [-0.1, -0.05) is 63.4 Å². The molecule has 2 aliphatic rings. The highest BCUT2D eigenvalue weighted by molar-refractivity contribution is 9.10. The molecule has 0 N–H and O–H groups in total. The summed E-state index contributed by atoms with van der Waals surface area (Å²) < 4.78 is 301. The topological polar surface area (TPSA) is 74.8 Å². The molecule has 0 unspecified atom stereocenters. The number of carbonyl (C=O) groups excluding carboxylic acids is 4. The van der Waals surface area contributed by atoms with Gasteiger partial charge in [0, 0.05) is 62.7 Å². The lowest BCUT2D eigenvalue weighted by Crippen LogP contribution is -2.50. The first-order chi connectivity index (χ1) is 40.9. The Labute approximate surface area is 506 Å². The molecule has 2 saturated carbocycles. The predicted octanol–water partition coefficient (Wildman–Crippen LogP) is 19.3. The first-order valence-electron chi connectivity index (χ1n) is 25.5. The van der Waals surface area contributed by atoms with Crippen LogP contribution in [0.4, 0.5) is 108 Å². The maximum Gasteiger partial charge on any atom is 0.435 e. The first kappa shape index (κ1) is 69.6. The highest BCUT2D eigenvalue weighted by Gasteiger charge is 2.75. The third-order valence-corrected chi connectivity index (χ3v) is 15.3. The molecule has 478 valence electrons. The minimum atomic E-state index is -6.70. The fourth-order valence-corrected chi connectivity index (χ4v) is 9.91. The van der Waals surface area contributed by atoms with Gasteiger partial charge < -0.3 is 9.80 Å². The number of nitrogens with zero attached hydrogens (tertiary/aromatic N) is 2. The van der Waals surface area contributed by atoms with Crippen molar-refractivity contribution >= 4 is 73.9 Å². The van der Waals surface area contributed by atoms with E-state index in [0.29, 0.717) is 10.0 Å². The lowest BCUT2D eigenvalue weighted by molar-refractivity contribution is -0.349. The molecule has 8 rings (SSSR count). The number of halogens is 25. The molecule has 6 nitrogen and oxygen atoms in total. The van der Waals surface area contributed by atoms with Gasteiger partial charge in [0.2, 0.25) is 0 Å². The number of rotatable bonds is 16. The normalized spacial score (nSPS) is 14.4. The Morgan fingerprint density at radius 3 is 1.17 bits per heavy atom. The molecule has 0 atom stereocenters. The fourth-order valence-electron chi connectivity index (χ4n) is 9.06. The molecule has 89 heavy (non-hydrogen) atoms. The average Bonchev–Trinajstić information content (AvgIpc) is 1.61. The van der Waals surface area contributed by atoms with Crippen LogP contribution in [0, 0.1) is 23.5 Å². The van der Waals surface area contributed by atoms with E-state index in [1.54, 1.807) is 0 Å². The minimum Gasteiger partial charge on any atom is -0.305 e. The van der Waals surface area contributed by atoms with Crippen LogP contribution in [0.25, 0.3) is 0 Å². The molecule has 0 heterocycles. The lowest BCUT2D eigenvalue weighted by atomic mass is 9.89. The van der Waals surface area contributed by atoms with Crippen molar-refractivity contribution in [1.82, 2.24) is 0 Å². The van der Waals surface area contributed by atoms with Gasteiger partial charge in [-0.2, -0.15) is 79.0 Å². The molecular weight excluding hydrogens is 1360 g/mol. The van der Waals surface area contributed by atoms with Crippen molar-refractivity contribution in [3.63, 3.8) is 0 Å². The molecule has 6 aromatic rings. The Kier molecular flexibility index (Phi) is 19.9. The van der Waals surface area contributed by atoms with Crippen LogP contribution in [-0.4, -0.2) is 61.2 Å². The standard InChI is InChI=1S/C29H18BrClF11NO2.C29H19ClF11NO2/c30-21-11-16(26(33,28(37,38)39)29(40,41)42)10-20(27(34,35)36)19(21)12-23(44)18-2-1-3-22(24(18)32)43(13-14-4-5-14)25(45)15-6-8-17(31)9-7-15;30-19-10-7-16(8-11-19)25(44)42(14-15-4-5-15)22-3-1-2-20(24(22)31)23(43)12-17-6-9-18(13-21(17)27(33,34)35)26(32,28(36,37)38)29(39,40)41/h1-3,6-11,14H,4-5,12-13H2;1-3,6-11,13,15H,4-5,12,14H2. The third kappa shape index (κ3) is 15.0. The molecule has 6 aromatic carbocycles. The summed E-state index contributed by atoms with van der Waals surface area (Å²) in [7, 11) is 0. The maximum atomic E-state index is 15.8. The molecule has 2 amide bonds. The van der Waals surface area contributed by atoms with E-state index in [0.717, 1.165) is 71.9 Å². The Balaban J connectivity index is 0.000000254. The van der Waals surface area contributed by atoms with E-state index in [9.17, 15) is 107 Å². The summed E-state index contributed by atoms with van der Waals surface area (Å²) >= 11 is 14.2. The summed E-state index contributed by atoms with van der Waals surface area (Å²) in [4.78, 5) is 54.9. The summed E-state index contributed by atoms with van der Waals surface area (Å²) in [5.74, 6) is -6.64. The summed E-state index contributed by atoms with van der Waals surface area (Å²) in [5, 5.41) is 0.625. The Morgan fingerprint density at radius 2 is 0.809 bits per heavy atom. The second kappa shape index (κ2) is 25.4. The zero-order chi connectivity index (χ0) is 66.5. The van der Waals surface area contributed by atoms with Gasteiger partial charge in [-0.05, 0) is 140 Å². The van der Waals surface area contributed by atoms with Crippen LogP contribution in [-0.2, 0) is 36.5 Å². The molecule has 31 heteroatoms. The zero-order valence-electron chi connectivity index (χ0n) is 44.3. The third-order valence-electron chi connectivity index (χ3n) is 14.0. The van der Waals surface area contributed by atoms with Crippen LogP contribution in [0.1, 0.15) is 100 Å². The molecule has 0 bridgehead atoms. The second-order valence-corrected chi connectivity index (χ2v) is 22.1. The quantitative estimate of drug-likeness (QED) is 0.0715. The van der Waals surface area contributed by atoms with Gasteiger partial charge in [-0.25, -0.2) is 17.6 Å². The molecule has 0 saturated heterocycles. The van der Waals surface area contributed by atoms with Crippen molar-refractivity contribution in [2.45, 2.75) is 86.9 Å². The van der Waals surface area contributed by atoms with Crippen molar-refractivity contribution in [3.05, 3.63) is 197 Å². The average molecular weight is 1390 g/mol. The highest BCUT2D eigenvalue weighted by Crippen LogP contribution is 2.56. The molecule has 0 spiro atoms. The van der Waals surface area contributed by atoms with Gasteiger partial charge in [0.25, 0.3) is 11.8 Å². The number of Topliss-reactive ketones (excluding diaryl/α,β-unsaturated/α-hetero) is 2. The van der Waals surface area contributed by atoms with E-state index in [4.69, 9.17) is 23.2 Å². The molecule has 2 aliphatic carbocycles. The molecule has 0 radical (unpaired) electrons. The smallest absolute Gasteiger partial charge is 0.305 e. The largest absolute Gasteiger partial charge is 0.435 e. The van der Waals surface area contributed by atoms with E-state index in [1.807, 2.05) is 0 Å². The predicted molar refractivity (Wildman–Crippen MR) is 281 cm³/mol. The zero-order valence-corrected chi connectivity index (χ0v) is 47.4. The fraction of sp³-hybridized carbons (Fsp3) is 0.310. The summed E-state index contributed by atoms with van der Waals surface area (Å²) in [6, 6.07) is 16.0. The van der Waals surface area contributed by atoms with E-state index < -0.39 is 163 Å². The minimum absolute atomic E-state index is 0.000146. The Morgan fingerprint density at radius 1 is 0.449 bits per heavy atom. The SMILES string of the molecule is O=C(Cc1c(Br)cc(C(F)(C(F)(F)F)C(F)(F)F)cc1C(F)(F)F)c1cccc(N(CC2CC2)C(=O)c2ccc(Cl)cc2)c1F.O=C(Cc1ccc(C(F)(C(F)(F)F)C(F)(F)F)cc1C(F)(F)F)c1cccc(N(CC2CC2)C(=O)c2ccc(Cl)cc2)c1F. The molecular formula is C58H37BrCl2F22N2O4. The van der Waals surface area contributed by atoms with Crippen LogP contribution in [0.3, 0.4) is 0 Å². The van der Waals surface area contributed by atoms with E-state index in [2.05, 4.69) is 15.9 Å². The van der Waals surface area contributed by atoms with E-state index in [-0.39, 0.29) is 59.9 Å². The summed E-state index contributed by atoms with van der Waals surface area (Å²) in [6.07, 6.45) is -37.9. The van der Waals surface area contributed by atoms with Crippen molar-refractivity contribution in [1.29, 1.82) is 0 Å². The second-order valence-electron chi connectivity index (χ2n) is 20.4. The Bertz CT molecular complexity index is 3620. The Hall–Kier alpha value is -6.88. The van der Waals surface area contributed by atoms with Gasteiger partial charge in [0.05, 0.1) is 33.6 Å². The van der Waals surface area contributed by atoms with Crippen molar-refractivity contribution < 1.29 is 116 Å². The van der Waals surface area contributed by atoms with Crippen molar-refractivity contribution in [3.8, 4) is 0 Å². The first-order valence-corrected chi connectivity index (χ1v) is 27.0. The lowest BCUT2D eigenvalue weighted by Gasteiger charge is -2.31. The van der Waals surface area contributed by atoms with Gasteiger partial charge in [0.15, 0.2) is 23.2 Å². The van der Waals surface area contributed by atoms with Crippen LogP contribution in [0.5, 0.6) is 0 Å². The van der Waals surface area contributed by atoms with Gasteiger partial charge in [-0.3, -0.25) is 19.2 Å². The number of hydrogen-bond acceptors (Lipinski definition) is 4.